The minimum Gasteiger partial charge on any atom is -0.508 e. The van der Waals surface area contributed by atoms with Gasteiger partial charge in [-0.15, -0.1) is 0 Å². The molecule has 2 aromatic carbocycles. The first kappa shape index (κ1) is 22.5. The van der Waals surface area contributed by atoms with Gasteiger partial charge in [-0.3, -0.25) is 4.90 Å². The van der Waals surface area contributed by atoms with Gasteiger partial charge in [0.05, 0.1) is 12.6 Å². The lowest BCUT2D eigenvalue weighted by Gasteiger charge is -2.37. The van der Waals surface area contributed by atoms with Gasteiger partial charge >= 0.3 is 0 Å². The average molecular weight is 462 g/mol. The van der Waals surface area contributed by atoms with Crippen molar-refractivity contribution in [2.75, 3.05) is 55.7 Å². The van der Waals surface area contributed by atoms with Crippen LogP contribution in [0.4, 0.5) is 11.9 Å². The van der Waals surface area contributed by atoms with Crippen LogP contribution in [-0.4, -0.2) is 82.0 Å². The Labute approximate surface area is 199 Å². The molecule has 0 radical (unpaired) electrons. The third-order valence-electron chi connectivity index (χ3n) is 6.64. The molecule has 4 N–H and O–H groups in total. The fourth-order valence-corrected chi connectivity index (χ4v) is 4.74. The summed E-state index contributed by atoms with van der Waals surface area (Å²) in [5.74, 6) is 1.83. The normalized spacial score (nSPS) is 18.7. The molecule has 3 aromatic rings. The fraction of sp³-hybridized carbons (Fsp3) is 0.400. The monoisotopic (exact) mass is 461 g/mol. The van der Waals surface area contributed by atoms with Crippen LogP contribution in [-0.2, 0) is 13.0 Å². The molecular weight excluding hydrogens is 430 g/mol. The van der Waals surface area contributed by atoms with Crippen molar-refractivity contribution in [3.05, 3.63) is 59.7 Å². The molecule has 9 nitrogen and oxygen atoms in total. The van der Waals surface area contributed by atoms with Gasteiger partial charge in [0, 0.05) is 51.4 Å². The number of anilines is 2. The summed E-state index contributed by atoms with van der Waals surface area (Å²) in [5.41, 5.74) is 8.91. The zero-order valence-electron chi connectivity index (χ0n) is 19.2. The predicted octanol–water partition coefficient (Wildman–Crippen LogP) is 1.25. The van der Waals surface area contributed by atoms with Crippen LogP contribution in [0.15, 0.2) is 48.5 Å². The second-order valence-corrected chi connectivity index (χ2v) is 8.86. The molecule has 5 rings (SSSR count). The smallest absolute Gasteiger partial charge is 0.231 e. The zero-order valence-corrected chi connectivity index (χ0v) is 19.2. The maximum Gasteiger partial charge on any atom is 0.231 e. The van der Waals surface area contributed by atoms with E-state index >= 15 is 0 Å². The number of phenolic OH excluding ortho intramolecular Hbond substituents is 1. The van der Waals surface area contributed by atoms with Gasteiger partial charge in [-0.2, -0.15) is 15.0 Å². The summed E-state index contributed by atoms with van der Waals surface area (Å²) < 4.78 is 0. The van der Waals surface area contributed by atoms with E-state index < -0.39 is 0 Å². The first-order valence-corrected chi connectivity index (χ1v) is 11.8. The van der Waals surface area contributed by atoms with Crippen molar-refractivity contribution in [2.45, 2.75) is 19.0 Å². The molecule has 1 atom stereocenters. The number of benzene rings is 2. The summed E-state index contributed by atoms with van der Waals surface area (Å²) in [4.78, 5) is 21.1. The van der Waals surface area contributed by atoms with E-state index in [9.17, 15) is 10.2 Å². The Balaban J connectivity index is 1.52. The number of phenols is 1. The molecule has 1 aromatic heterocycles. The molecule has 0 unspecified atom stereocenters. The van der Waals surface area contributed by atoms with Crippen LogP contribution in [0.3, 0.4) is 0 Å². The molecule has 0 spiro atoms. The lowest BCUT2D eigenvalue weighted by molar-refractivity contribution is 0.252. The zero-order chi connectivity index (χ0) is 23.5. The Morgan fingerprint density at radius 1 is 0.912 bits per heavy atom. The van der Waals surface area contributed by atoms with Gasteiger partial charge in [0.25, 0.3) is 0 Å². The Morgan fingerprint density at radius 3 is 2.41 bits per heavy atom. The second-order valence-electron chi connectivity index (χ2n) is 8.86. The van der Waals surface area contributed by atoms with Crippen molar-refractivity contribution in [1.82, 2.24) is 19.9 Å². The summed E-state index contributed by atoms with van der Waals surface area (Å²) in [6.45, 7) is 5.56. The lowest BCUT2D eigenvalue weighted by Crippen LogP contribution is -2.48. The van der Waals surface area contributed by atoms with Gasteiger partial charge in [0.15, 0.2) is 5.82 Å². The molecule has 1 fully saturated rings. The number of rotatable bonds is 6. The van der Waals surface area contributed by atoms with E-state index in [1.807, 2.05) is 18.2 Å². The van der Waals surface area contributed by atoms with E-state index in [0.717, 1.165) is 44.7 Å². The maximum atomic E-state index is 10.2. The van der Waals surface area contributed by atoms with E-state index in [2.05, 4.69) is 26.8 Å². The molecule has 2 aliphatic rings. The second kappa shape index (κ2) is 9.92. The molecule has 2 aliphatic heterocycles. The molecule has 0 aliphatic carbocycles. The topological polar surface area (TPSA) is 115 Å². The summed E-state index contributed by atoms with van der Waals surface area (Å²) >= 11 is 0. The first-order valence-electron chi connectivity index (χ1n) is 11.8. The minimum atomic E-state index is -0.122. The molecule has 0 saturated carbocycles. The number of hydrogen-bond donors (Lipinski definition) is 3. The number of nitrogens with two attached hydrogens (primary N) is 1. The molecule has 3 heterocycles. The highest BCUT2D eigenvalue weighted by Crippen LogP contribution is 2.30. The van der Waals surface area contributed by atoms with Gasteiger partial charge in [-0.05, 0) is 29.7 Å². The van der Waals surface area contributed by atoms with Crippen molar-refractivity contribution in [3.63, 3.8) is 0 Å². The van der Waals surface area contributed by atoms with E-state index in [-0.39, 0.29) is 18.4 Å². The van der Waals surface area contributed by atoms with Crippen molar-refractivity contribution >= 4 is 11.9 Å². The van der Waals surface area contributed by atoms with Gasteiger partial charge < -0.3 is 25.7 Å². The Kier molecular flexibility index (Phi) is 6.57. The molecule has 9 heteroatoms. The van der Waals surface area contributed by atoms with Gasteiger partial charge in [0.2, 0.25) is 11.9 Å². The van der Waals surface area contributed by atoms with Crippen LogP contribution < -0.4 is 15.5 Å². The number of aliphatic hydroxyl groups excluding tert-OH is 1. The summed E-state index contributed by atoms with van der Waals surface area (Å²) in [6.07, 6.45) is 0.729. The Bertz CT molecular complexity index is 1130. The third kappa shape index (κ3) is 4.68. The van der Waals surface area contributed by atoms with Crippen LogP contribution in [0.25, 0.3) is 11.4 Å². The number of nitrogens with zero attached hydrogens (tertiary/aromatic N) is 6. The highest BCUT2D eigenvalue weighted by Gasteiger charge is 2.29. The van der Waals surface area contributed by atoms with Gasteiger partial charge in [-0.1, -0.05) is 36.4 Å². The SMILES string of the molecule is NCCN1CCN(c2nc(-c3cccc(O)c3)nc(N3Cc4ccccc4C[C@@H]3CO)n2)CC1. The number of aliphatic hydroxyl groups is 1. The quantitative estimate of drug-likeness (QED) is 0.499. The van der Waals surface area contributed by atoms with Crippen LogP contribution in [0.1, 0.15) is 11.1 Å². The lowest BCUT2D eigenvalue weighted by atomic mass is 9.94. The average Bonchev–Trinajstić information content (AvgIpc) is 2.88. The van der Waals surface area contributed by atoms with Crippen molar-refractivity contribution in [1.29, 1.82) is 0 Å². The van der Waals surface area contributed by atoms with Gasteiger partial charge in [-0.25, -0.2) is 0 Å². The standard InChI is InChI=1S/C25H31N7O2/c26-8-9-30-10-12-31(13-11-30)24-27-23(19-6-3-7-22(34)15-19)28-25(29-24)32-16-20-5-2-1-4-18(20)14-21(32)17-33/h1-7,15,21,33-34H,8-14,16-17,26H2/t21-/m1/s1. The van der Waals surface area contributed by atoms with Crippen molar-refractivity contribution in [3.8, 4) is 17.1 Å². The van der Waals surface area contributed by atoms with Crippen LogP contribution in [0.5, 0.6) is 5.75 Å². The number of aromatic nitrogens is 3. The number of hydrogen-bond acceptors (Lipinski definition) is 9. The number of piperazine rings is 1. The van der Waals surface area contributed by atoms with Crippen molar-refractivity contribution < 1.29 is 10.2 Å². The predicted molar refractivity (Wildman–Crippen MR) is 132 cm³/mol. The summed E-state index contributed by atoms with van der Waals surface area (Å²) in [6, 6.07) is 15.2. The maximum absolute atomic E-state index is 10.2. The van der Waals surface area contributed by atoms with Crippen LogP contribution in [0.2, 0.25) is 0 Å². The minimum absolute atomic E-state index is 0.00850. The fourth-order valence-electron chi connectivity index (χ4n) is 4.74. The molecular formula is C25H31N7O2. The van der Waals surface area contributed by atoms with E-state index in [1.54, 1.807) is 18.2 Å². The first-order chi connectivity index (χ1) is 16.6. The highest BCUT2D eigenvalue weighted by atomic mass is 16.3. The van der Waals surface area contributed by atoms with E-state index in [4.69, 9.17) is 20.7 Å². The van der Waals surface area contributed by atoms with Gasteiger partial charge in [0.1, 0.15) is 5.75 Å². The number of aromatic hydroxyl groups is 1. The highest BCUT2D eigenvalue weighted by molar-refractivity contribution is 5.61. The number of fused-ring (bicyclic) bond motifs is 1. The van der Waals surface area contributed by atoms with E-state index in [1.165, 1.54) is 11.1 Å². The van der Waals surface area contributed by atoms with Crippen molar-refractivity contribution in [2.24, 2.45) is 5.73 Å². The summed E-state index contributed by atoms with van der Waals surface area (Å²) in [5, 5.41) is 20.2. The molecule has 34 heavy (non-hydrogen) atoms. The largest absolute Gasteiger partial charge is 0.508 e. The molecule has 0 bridgehead atoms. The Hall–Kier alpha value is -3.27. The molecule has 178 valence electrons. The Morgan fingerprint density at radius 2 is 1.68 bits per heavy atom. The molecule has 0 amide bonds. The van der Waals surface area contributed by atoms with Crippen LogP contribution >= 0.6 is 0 Å². The van der Waals surface area contributed by atoms with Crippen LogP contribution in [0, 0.1) is 0 Å². The van der Waals surface area contributed by atoms with E-state index in [0.29, 0.717) is 30.8 Å². The summed E-state index contributed by atoms with van der Waals surface area (Å²) in [7, 11) is 0. The molecule has 1 saturated heterocycles. The third-order valence-corrected chi connectivity index (χ3v) is 6.64.